The van der Waals surface area contributed by atoms with Gasteiger partial charge in [-0.2, -0.15) is 0 Å². The molecule has 0 bridgehead atoms. The molecule has 66 valence electrons. The van der Waals surface area contributed by atoms with E-state index in [4.69, 9.17) is 5.73 Å². The van der Waals surface area contributed by atoms with Crippen molar-refractivity contribution in [3.63, 3.8) is 0 Å². The number of nitrogens with two attached hydrogens (primary N) is 1. The van der Waals surface area contributed by atoms with Crippen molar-refractivity contribution in [2.24, 2.45) is 0 Å². The lowest BCUT2D eigenvalue weighted by Crippen LogP contribution is -2.04. The molecule has 1 aromatic rings. The van der Waals surface area contributed by atoms with Gasteiger partial charge in [0.25, 0.3) is 0 Å². The molecule has 0 unspecified atom stereocenters. The molecule has 0 spiro atoms. The van der Waals surface area contributed by atoms with Crippen molar-refractivity contribution in [1.82, 2.24) is 9.97 Å². The second-order valence-electron chi connectivity index (χ2n) is 2.62. The van der Waals surface area contributed by atoms with Crippen molar-refractivity contribution in [2.45, 2.75) is 19.8 Å². The maximum atomic E-state index is 5.43. The summed E-state index contributed by atoms with van der Waals surface area (Å²) < 4.78 is 0. The summed E-state index contributed by atoms with van der Waals surface area (Å²) in [6.45, 7) is 3.06. The number of unbranched alkanes of at least 4 members (excludes halogenated alkanes) is 1. The van der Waals surface area contributed by atoms with E-state index in [1.807, 2.05) is 0 Å². The molecule has 0 aliphatic rings. The van der Waals surface area contributed by atoms with Gasteiger partial charge in [0.1, 0.15) is 0 Å². The summed E-state index contributed by atoms with van der Waals surface area (Å²) in [5.74, 6) is 0.651. The van der Waals surface area contributed by atoms with Gasteiger partial charge in [-0.1, -0.05) is 13.3 Å². The Morgan fingerprint density at radius 2 is 2.08 bits per heavy atom. The Labute approximate surface area is 72.2 Å². The van der Waals surface area contributed by atoms with Crippen LogP contribution >= 0.6 is 0 Å². The van der Waals surface area contributed by atoms with Gasteiger partial charge in [0.15, 0.2) is 0 Å². The van der Waals surface area contributed by atoms with Crippen LogP contribution in [0.5, 0.6) is 0 Å². The molecule has 0 aliphatic heterocycles. The largest absolute Gasteiger partial charge is 0.396 e. The number of anilines is 2. The Balaban J connectivity index is 2.37. The van der Waals surface area contributed by atoms with Gasteiger partial charge < -0.3 is 11.1 Å². The molecular formula is C8H14N4. The van der Waals surface area contributed by atoms with E-state index in [9.17, 15) is 0 Å². The van der Waals surface area contributed by atoms with Gasteiger partial charge in [-0.05, 0) is 6.42 Å². The predicted molar refractivity (Wildman–Crippen MR) is 49.8 cm³/mol. The molecule has 12 heavy (non-hydrogen) atoms. The van der Waals surface area contributed by atoms with Crippen LogP contribution in [0, 0.1) is 0 Å². The number of hydrogen-bond acceptors (Lipinski definition) is 4. The third-order valence-corrected chi connectivity index (χ3v) is 1.49. The maximum Gasteiger partial charge on any atom is 0.222 e. The average molecular weight is 166 g/mol. The van der Waals surface area contributed by atoms with Crippen molar-refractivity contribution in [3.8, 4) is 0 Å². The number of aromatic nitrogens is 2. The molecule has 4 nitrogen and oxygen atoms in total. The summed E-state index contributed by atoms with van der Waals surface area (Å²) in [6.07, 6.45) is 5.50. The summed E-state index contributed by atoms with van der Waals surface area (Å²) in [5.41, 5.74) is 6.02. The highest BCUT2D eigenvalue weighted by atomic mass is 15.1. The molecule has 3 N–H and O–H groups in total. The molecule has 1 heterocycles. The first kappa shape index (κ1) is 8.77. The molecule has 0 amide bonds. The minimum absolute atomic E-state index is 0.594. The molecule has 0 aromatic carbocycles. The van der Waals surface area contributed by atoms with Crippen molar-refractivity contribution in [3.05, 3.63) is 12.4 Å². The average Bonchev–Trinajstić information content (AvgIpc) is 2.09. The number of rotatable bonds is 4. The molecule has 0 atom stereocenters. The SMILES string of the molecule is CCCCNc1ncc(N)cn1. The quantitative estimate of drug-likeness (QED) is 0.661. The number of hydrogen-bond donors (Lipinski definition) is 2. The van der Waals surface area contributed by atoms with Crippen molar-refractivity contribution in [1.29, 1.82) is 0 Å². The zero-order valence-electron chi connectivity index (χ0n) is 7.25. The maximum absolute atomic E-state index is 5.43. The zero-order chi connectivity index (χ0) is 8.81. The van der Waals surface area contributed by atoms with E-state index in [0.29, 0.717) is 11.6 Å². The third kappa shape index (κ3) is 2.74. The topological polar surface area (TPSA) is 63.8 Å². The Morgan fingerprint density at radius 3 is 2.67 bits per heavy atom. The van der Waals surface area contributed by atoms with E-state index in [2.05, 4.69) is 22.2 Å². The predicted octanol–water partition coefficient (Wildman–Crippen LogP) is 1.27. The second-order valence-corrected chi connectivity index (χ2v) is 2.62. The van der Waals surface area contributed by atoms with E-state index >= 15 is 0 Å². The van der Waals surface area contributed by atoms with Crippen molar-refractivity contribution >= 4 is 11.6 Å². The van der Waals surface area contributed by atoms with Gasteiger partial charge >= 0.3 is 0 Å². The van der Waals surface area contributed by atoms with Crippen molar-refractivity contribution < 1.29 is 0 Å². The van der Waals surface area contributed by atoms with Gasteiger partial charge in [0.05, 0.1) is 18.1 Å². The lowest BCUT2D eigenvalue weighted by atomic mass is 10.3. The summed E-state index contributed by atoms with van der Waals surface area (Å²) >= 11 is 0. The van der Waals surface area contributed by atoms with Gasteiger partial charge in [-0.15, -0.1) is 0 Å². The summed E-state index contributed by atoms with van der Waals surface area (Å²) in [6, 6.07) is 0. The van der Waals surface area contributed by atoms with Gasteiger partial charge in [-0.25, -0.2) is 9.97 Å². The number of nitrogens with zero attached hydrogens (tertiary/aromatic N) is 2. The minimum atomic E-state index is 0.594. The van der Waals surface area contributed by atoms with E-state index in [0.717, 1.165) is 13.0 Å². The van der Waals surface area contributed by atoms with Gasteiger partial charge in [0.2, 0.25) is 5.95 Å². The molecule has 0 saturated heterocycles. The van der Waals surface area contributed by atoms with Crippen LogP contribution < -0.4 is 11.1 Å². The van der Waals surface area contributed by atoms with E-state index in [1.165, 1.54) is 6.42 Å². The van der Waals surface area contributed by atoms with E-state index in [1.54, 1.807) is 12.4 Å². The Bertz CT molecular complexity index is 219. The Hall–Kier alpha value is -1.32. The molecule has 1 aromatic heterocycles. The first-order valence-electron chi connectivity index (χ1n) is 4.14. The first-order valence-corrected chi connectivity index (χ1v) is 4.14. The Kier molecular flexibility index (Phi) is 3.32. The standard InChI is InChI=1S/C8H14N4/c1-2-3-4-10-8-11-5-7(9)6-12-8/h5-6H,2-4,9H2,1H3,(H,10,11,12). The fourth-order valence-corrected chi connectivity index (χ4v) is 0.806. The first-order chi connectivity index (χ1) is 5.83. The smallest absolute Gasteiger partial charge is 0.222 e. The summed E-state index contributed by atoms with van der Waals surface area (Å²) in [4.78, 5) is 8.01. The van der Waals surface area contributed by atoms with Crippen LogP contribution in [0.3, 0.4) is 0 Å². The molecular weight excluding hydrogens is 152 g/mol. The highest BCUT2D eigenvalue weighted by Gasteiger charge is 1.92. The monoisotopic (exact) mass is 166 g/mol. The molecule has 0 aliphatic carbocycles. The van der Waals surface area contributed by atoms with Crippen LogP contribution in [0.15, 0.2) is 12.4 Å². The summed E-state index contributed by atoms with van der Waals surface area (Å²) in [7, 11) is 0. The fourth-order valence-electron chi connectivity index (χ4n) is 0.806. The molecule has 4 heteroatoms. The van der Waals surface area contributed by atoms with Gasteiger partial charge in [0, 0.05) is 6.54 Å². The summed E-state index contributed by atoms with van der Waals surface area (Å²) in [5, 5.41) is 3.10. The van der Waals surface area contributed by atoms with Gasteiger partial charge in [-0.3, -0.25) is 0 Å². The van der Waals surface area contributed by atoms with Crippen LogP contribution in [-0.2, 0) is 0 Å². The number of nitrogen functional groups attached to an aromatic ring is 1. The lowest BCUT2D eigenvalue weighted by molar-refractivity contribution is 0.826. The molecule has 0 fully saturated rings. The highest BCUT2D eigenvalue weighted by molar-refractivity contribution is 5.35. The fraction of sp³-hybridized carbons (Fsp3) is 0.500. The zero-order valence-corrected chi connectivity index (χ0v) is 7.25. The molecule has 1 rings (SSSR count). The van der Waals surface area contributed by atoms with Crippen LogP contribution in [0.1, 0.15) is 19.8 Å². The van der Waals surface area contributed by atoms with Crippen LogP contribution in [-0.4, -0.2) is 16.5 Å². The van der Waals surface area contributed by atoms with E-state index in [-0.39, 0.29) is 0 Å². The van der Waals surface area contributed by atoms with Crippen LogP contribution in [0.2, 0.25) is 0 Å². The normalized spacial score (nSPS) is 9.75. The van der Waals surface area contributed by atoms with Crippen LogP contribution in [0.4, 0.5) is 11.6 Å². The number of nitrogens with one attached hydrogen (secondary N) is 1. The van der Waals surface area contributed by atoms with E-state index < -0.39 is 0 Å². The van der Waals surface area contributed by atoms with Crippen molar-refractivity contribution in [2.75, 3.05) is 17.6 Å². The highest BCUT2D eigenvalue weighted by Crippen LogP contribution is 2.00. The third-order valence-electron chi connectivity index (χ3n) is 1.49. The van der Waals surface area contributed by atoms with Crippen LogP contribution in [0.25, 0.3) is 0 Å². The molecule has 0 saturated carbocycles. The second kappa shape index (κ2) is 4.54. The lowest BCUT2D eigenvalue weighted by Gasteiger charge is -2.02. The Morgan fingerprint density at radius 1 is 1.42 bits per heavy atom. The molecule has 0 radical (unpaired) electrons. The minimum Gasteiger partial charge on any atom is -0.396 e.